The molecule has 18 heavy (non-hydrogen) atoms. The van der Waals surface area contributed by atoms with Crippen LogP contribution in [0.15, 0.2) is 27.6 Å². The highest BCUT2D eigenvalue weighted by Gasteiger charge is 2.25. The fourth-order valence-corrected chi connectivity index (χ4v) is 2.31. The largest absolute Gasteiger partial charge is 0.430 e. The number of hydrogen-bond donors (Lipinski definition) is 1. The van der Waals surface area contributed by atoms with E-state index in [4.69, 9.17) is 4.42 Å². The number of rotatable bonds is 3. The molecule has 0 radical (unpaired) electrons. The third kappa shape index (κ3) is 2.79. The summed E-state index contributed by atoms with van der Waals surface area (Å²) in [5, 5.41) is 3.30. The number of carbonyl (C=O) groups excluding carboxylic acids is 1. The Balaban J connectivity index is 2.13. The molecule has 1 aromatic heterocycles. The Labute approximate surface area is 106 Å². The monoisotopic (exact) mass is 250 g/mol. The number of nitrogens with zero attached hydrogens (tertiary/aromatic N) is 1. The summed E-state index contributed by atoms with van der Waals surface area (Å²) in [4.78, 5) is 25.0. The van der Waals surface area contributed by atoms with Gasteiger partial charge in [0.05, 0.1) is 5.56 Å². The van der Waals surface area contributed by atoms with Gasteiger partial charge < -0.3 is 14.6 Å². The number of nitrogens with one attached hydrogen (secondary N) is 1. The van der Waals surface area contributed by atoms with Crippen LogP contribution >= 0.6 is 0 Å². The van der Waals surface area contributed by atoms with Gasteiger partial charge in [0, 0.05) is 25.2 Å². The molecule has 5 heteroatoms. The van der Waals surface area contributed by atoms with Crippen molar-refractivity contribution in [2.75, 3.05) is 19.6 Å². The van der Waals surface area contributed by atoms with Gasteiger partial charge in [-0.05, 0) is 32.4 Å². The smallest absolute Gasteiger partial charge is 0.335 e. The Hall–Kier alpha value is -1.62. The molecule has 0 spiro atoms. The summed E-state index contributed by atoms with van der Waals surface area (Å²) in [7, 11) is 0. The zero-order chi connectivity index (χ0) is 13.0. The Morgan fingerprint density at radius 1 is 1.56 bits per heavy atom. The zero-order valence-corrected chi connectivity index (χ0v) is 10.5. The molecule has 1 fully saturated rings. The van der Waals surface area contributed by atoms with Crippen molar-refractivity contribution in [1.82, 2.24) is 10.2 Å². The molecule has 0 aromatic carbocycles. The first-order valence-corrected chi connectivity index (χ1v) is 6.33. The normalized spacial score (nSPS) is 19.5. The maximum absolute atomic E-state index is 12.3. The van der Waals surface area contributed by atoms with Gasteiger partial charge >= 0.3 is 5.63 Å². The maximum Gasteiger partial charge on any atom is 0.335 e. The molecule has 1 atom stereocenters. The summed E-state index contributed by atoms with van der Waals surface area (Å²) in [5.41, 5.74) is -0.00375. The van der Waals surface area contributed by atoms with Crippen LogP contribution in [0.1, 0.15) is 30.1 Å². The Bertz CT molecular complexity index is 443. The van der Waals surface area contributed by atoms with Crippen LogP contribution in [0.2, 0.25) is 0 Å². The molecule has 1 amide bonds. The number of likely N-dealkylation sites (N-methyl/N-ethyl adjacent to an activating group) is 1. The molecule has 5 nitrogen and oxygen atoms in total. The predicted molar refractivity (Wildman–Crippen MR) is 67.6 cm³/mol. The zero-order valence-electron chi connectivity index (χ0n) is 10.5. The standard InChI is InChI=1S/C13H18N2O3/c1-2-15(11-4-3-7-14-8-11)13(17)10-5-6-12(16)18-9-10/h5-6,9,11,14H,2-4,7-8H2,1H3. The van der Waals surface area contributed by atoms with E-state index in [0.717, 1.165) is 25.9 Å². The van der Waals surface area contributed by atoms with Crippen LogP contribution in [0.5, 0.6) is 0 Å². The van der Waals surface area contributed by atoms with E-state index in [1.807, 2.05) is 11.8 Å². The van der Waals surface area contributed by atoms with E-state index in [1.54, 1.807) is 0 Å². The molecule has 98 valence electrons. The number of amides is 1. The second-order valence-corrected chi connectivity index (χ2v) is 4.43. The molecule has 1 saturated heterocycles. The summed E-state index contributed by atoms with van der Waals surface area (Å²) >= 11 is 0. The molecule has 1 aliphatic rings. The molecule has 1 aromatic rings. The van der Waals surface area contributed by atoms with Crippen LogP contribution in [0.3, 0.4) is 0 Å². The minimum Gasteiger partial charge on any atom is -0.430 e. The van der Waals surface area contributed by atoms with E-state index in [0.29, 0.717) is 12.1 Å². The quantitative estimate of drug-likeness (QED) is 0.864. The van der Waals surface area contributed by atoms with Crippen LogP contribution in [-0.2, 0) is 0 Å². The average molecular weight is 250 g/mol. The molecule has 0 aliphatic carbocycles. The number of piperidine rings is 1. The van der Waals surface area contributed by atoms with Gasteiger partial charge in [0.1, 0.15) is 6.26 Å². The summed E-state index contributed by atoms with van der Waals surface area (Å²) < 4.78 is 4.74. The van der Waals surface area contributed by atoms with Crippen LogP contribution in [0.25, 0.3) is 0 Å². The number of carbonyl (C=O) groups is 1. The van der Waals surface area contributed by atoms with Gasteiger partial charge in [0.15, 0.2) is 0 Å². The van der Waals surface area contributed by atoms with Crippen molar-refractivity contribution < 1.29 is 9.21 Å². The van der Waals surface area contributed by atoms with E-state index in [-0.39, 0.29) is 11.9 Å². The Morgan fingerprint density at radius 3 is 2.94 bits per heavy atom. The Morgan fingerprint density at radius 2 is 2.39 bits per heavy atom. The first kappa shape index (κ1) is 12.8. The SMILES string of the molecule is CCN(C(=O)c1ccc(=O)oc1)C1CCCNC1. The van der Waals surface area contributed by atoms with Crippen molar-refractivity contribution in [3.63, 3.8) is 0 Å². The fraction of sp³-hybridized carbons (Fsp3) is 0.538. The van der Waals surface area contributed by atoms with Crippen LogP contribution in [0.4, 0.5) is 0 Å². The van der Waals surface area contributed by atoms with E-state index >= 15 is 0 Å². The first-order chi connectivity index (χ1) is 8.72. The van der Waals surface area contributed by atoms with E-state index in [9.17, 15) is 9.59 Å². The molecule has 0 bridgehead atoms. The minimum atomic E-state index is -0.436. The minimum absolute atomic E-state index is 0.0741. The van der Waals surface area contributed by atoms with E-state index < -0.39 is 5.63 Å². The van der Waals surface area contributed by atoms with E-state index in [2.05, 4.69) is 5.32 Å². The second kappa shape index (κ2) is 5.82. The van der Waals surface area contributed by atoms with Crippen molar-refractivity contribution in [2.24, 2.45) is 0 Å². The lowest BCUT2D eigenvalue weighted by atomic mass is 10.0. The van der Waals surface area contributed by atoms with Gasteiger partial charge in [-0.1, -0.05) is 0 Å². The predicted octanol–water partition coefficient (Wildman–Crippen LogP) is 0.854. The molecule has 2 rings (SSSR count). The molecular weight excluding hydrogens is 232 g/mol. The summed E-state index contributed by atoms with van der Waals surface area (Å²) in [6, 6.07) is 3.02. The number of hydrogen-bond acceptors (Lipinski definition) is 4. The van der Waals surface area contributed by atoms with Gasteiger partial charge in [-0.2, -0.15) is 0 Å². The van der Waals surface area contributed by atoms with Gasteiger partial charge in [0.2, 0.25) is 0 Å². The van der Waals surface area contributed by atoms with Gasteiger partial charge in [-0.25, -0.2) is 4.79 Å². The third-order valence-electron chi connectivity index (χ3n) is 3.26. The topological polar surface area (TPSA) is 62.6 Å². The lowest BCUT2D eigenvalue weighted by molar-refractivity contribution is 0.0659. The second-order valence-electron chi connectivity index (χ2n) is 4.43. The molecule has 1 N–H and O–H groups in total. The molecule has 1 unspecified atom stereocenters. The van der Waals surface area contributed by atoms with Gasteiger partial charge in [-0.15, -0.1) is 0 Å². The van der Waals surface area contributed by atoms with Crippen molar-refractivity contribution in [3.8, 4) is 0 Å². The highest BCUT2D eigenvalue weighted by molar-refractivity contribution is 5.93. The van der Waals surface area contributed by atoms with Crippen molar-refractivity contribution >= 4 is 5.91 Å². The fourth-order valence-electron chi connectivity index (χ4n) is 2.31. The lowest BCUT2D eigenvalue weighted by Gasteiger charge is -2.33. The summed E-state index contributed by atoms with van der Waals surface area (Å²) in [5.74, 6) is -0.0741. The van der Waals surface area contributed by atoms with Gasteiger partial charge in [0.25, 0.3) is 5.91 Å². The highest BCUT2D eigenvalue weighted by Crippen LogP contribution is 2.13. The first-order valence-electron chi connectivity index (χ1n) is 6.33. The lowest BCUT2D eigenvalue weighted by Crippen LogP contribution is -2.48. The van der Waals surface area contributed by atoms with Crippen LogP contribution in [0, 0.1) is 0 Å². The molecule has 1 aliphatic heterocycles. The maximum atomic E-state index is 12.3. The molecule has 0 saturated carbocycles. The van der Waals surface area contributed by atoms with Crippen molar-refractivity contribution in [2.45, 2.75) is 25.8 Å². The highest BCUT2D eigenvalue weighted by atomic mass is 16.4. The van der Waals surface area contributed by atoms with Crippen molar-refractivity contribution in [3.05, 3.63) is 34.4 Å². The average Bonchev–Trinajstić information content (AvgIpc) is 2.41. The molecular formula is C13H18N2O3. The van der Waals surface area contributed by atoms with Crippen LogP contribution < -0.4 is 10.9 Å². The van der Waals surface area contributed by atoms with Crippen molar-refractivity contribution in [1.29, 1.82) is 0 Å². The third-order valence-corrected chi connectivity index (χ3v) is 3.26. The van der Waals surface area contributed by atoms with Gasteiger partial charge in [-0.3, -0.25) is 4.79 Å². The Kier molecular flexibility index (Phi) is 4.15. The summed E-state index contributed by atoms with van der Waals surface area (Å²) in [6.07, 6.45) is 3.34. The van der Waals surface area contributed by atoms with Crippen LogP contribution in [-0.4, -0.2) is 36.5 Å². The van der Waals surface area contributed by atoms with E-state index in [1.165, 1.54) is 18.4 Å². The molecule has 2 heterocycles. The summed E-state index contributed by atoms with van der Waals surface area (Å²) in [6.45, 7) is 4.47.